The van der Waals surface area contributed by atoms with Crippen molar-refractivity contribution in [3.8, 4) is 5.75 Å². The maximum Gasteiger partial charge on any atom is 0.344 e. The fourth-order valence-corrected chi connectivity index (χ4v) is 4.20. The van der Waals surface area contributed by atoms with Crippen molar-refractivity contribution < 1.29 is 22.7 Å². The first-order valence-corrected chi connectivity index (χ1v) is 11.5. The smallest absolute Gasteiger partial charge is 0.344 e. The van der Waals surface area contributed by atoms with Gasteiger partial charge in [-0.2, -0.15) is 0 Å². The molecule has 0 saturated carbocycles. The molecule has 0 aliphatic carbocycles. The second-order valence-corrected chi connectivity index (χ2v) is 8.56. The Balaban J connectivity index is 1.76. The Bertz CT molecular complexity index is 1070. The van der Waals surface area contributed by atoms with Crippen LogP contribution in [-0.4, -0.2) is 34.1 Å². The molecular weight excluding hydrogens is 414 g/mol. The van der Waals surface area contributed by atoms with E-state index in [1.165, 1.54) is 0 Å². The van der Waals surface area contributed by atoms with Crippen molar-refractivity contribution >= 4 is 16.0 Å². The van der Waals surface area contributed by atoms with Crippen LogP contribution in [0.15, 0.2) is 89.8 Å². The molecule has 0 spiro atoms. The Morgan fingerprint density at radius 1 is 0.871 bits per heavy atom. The van der Waals surface area contributed by atoms with Crippen molar-refractivity contribution in [2.45, 2.75) is 17.7 Å². The number of ether oxygens (including phenoxy) is 2. The predicted octanol–water partition coefficient (Wildman–Crippen LogP) is 3.74. The Labute approximate surface area is 182 Å². The number of benzene rings is 3. The normalized spacial score (nSPS) is 12.2. The van der Waals surface area contributed by atoms with Crippen LogP contribution in [0.3, 0.4) is 0 Å². The number of nitrogens with one attached hydrogen (secondary N) is 1. The van der Waals surface area contributed by atoms with Crippen LogP contribution in [0.2, 0.25) is 0 Å². The molecule has 0 aliphatic rings. The van der Waals surface area contributed by atoms with Gasteiger partial charge in [0.15, 0.2) is 6.61 Å². The molecule has 0 aromatic heterocycles. The van der Waals surface area contributed by atoms with Gasteiger partial charge in [0.2, 0.25) is 10.0 Å². The molecule has 0 fully saturated rings. The number of rotatable bonds is 10. The molecule has 3 aromatic carbocycles. The molecule has 3 aromatic rings. The van der Waals surface area contributed by atoms with Gasteiger partial charge in [-0.25, -0.2) is 17.9 Å². The zero-order valence-corrected chi connectivity index (χ0v) is 18.0. The van der Waals surface area contributed by atoms with Gasteiger partial charge in [0.1, 0.15) is 5.75 Å². The van der Waals surface area contributed by atoms with Crippen LogP contribution in [0.25, 0.3) is 0 Å². The van der Waals surface area contributed by atoms with Crippen LogP contribution in [0.1, 0.15) is 24.0 Å². The van der Waals surface area contributed by atoms with Crippen molar-refractivity contribution in [3.63, 3.8) is 0 Å². The largest absolute Gasteiger partial charge is 0.482 e. The van der Waals surface area contributed by atoms with Crippen LogP contribution in [0.5, 0.6) is 5.75 Å². The van der Waals surface area contributed by atoms with Gasteiger partial charge in [-0.05, 0) is 42.3 Å². The number of hydrogen-bond acceptors (Lipinski definition) is 5. The lowest BCUT2D eigenvalue weighted by molar-refractivity contribution is -0.145. The average molecular weight is 440 g/mol. The molecule has 0 heterocycles. The zero-order valence-electron chi connectivity index (χ0n) is 17.2. The first-order valence-electron chi connectivity index (χ1n) is 9.97. The molecule has 0 saturated heterocycles. The Kier molecular flexibility index (Phi) is 7.81. The molecule has 0 bridgehead atoms. The molecule has 1 N–H and O–H groups in total. The first kappa shape index (κ1) is 22.5. The molecule has 0 radical (unpaired) electrons. The Morgan fingerprint density at radius 2 is 1.45 bits per heavy atom. The molecule has 6 nitrogen and oxygen atoms in total. The lowest BCUT2D eigenvalue weighted by Gasteiger charge is -2.19. The van der Waals surface area contributed by atoms with Crippen LogP contribution in [0.4, 0.5) is 0 Å². The van der Waals surface area contributed by atoms with E-state index in [4.69, 9.17) is 9.47 Å². The summed E-state index contributed by atoms with van der Waals surface area (Å²) in [6.07, 6.45) is 0. The molecular formula is C24H25NO5S. The van der Waals surface area contributed by atoms with E-state index in [1.807, 2.05) is 42.5 Å². The van der Waals surface area contributed by atoms with Crippen LogP contribution >= 0.6 is 0 Å². The van der Waals surface area contributed by atoms with E-state index in [1.54, 1.807) is 49.4 Å². The minimum Gasteiger partial charge on any atom is -0.482 e. The quantitative estimate of drug-likeness (QED) is 0.487. The Morgan fingerprint density at radius 3 is 2.06 bits per heavy atom. The third-order valence-electron chi connectivity index (χ3n) is 4.68. The summed E-state index contributed by atoms with van der Waals surface area (Å²) >= 11 is 0. The second kappa shape index (κ2) is 10.7. The molecule has 0 amide bonds. The van der Waals surface area contributed by atoms with E-state index >= 15 is 0 Å². The lowest BCUT2D eigenvalue weighted by atomic mass is 9.91. The summed E-state index contributed by atoms with van der Waals surface area (Å²) in [5.41, 5.74) is 1.91. The number of carbonyl (C=O) groups is 1. The van der Waals surface area contributed by atoms with E-state index in [9.17, 15) is 13.2 Å². The van der Waals surface area contributed by atoms with E-state index in [-0.39, 0.29) is 24.0 Å². The molecule has 31 heavy (non-hydrogen) atoms. The summed E-state index contributed by atoms with van der Waals surface area (Å²) in [5, 5.41) is 0. The van der Waals surface area contributed by atoms with E-state index in [0.29, 0.717) is 12.4 Å². The highest BCUT2D eigenvalue weighted by Crippen LogP contribution is 2.26. The van der Waals surface area contributed by atoms with Gasteiger partial charge in [-0.15, -0.1) is 0 Å². The minimum atomic E-state index is -3.63. The van der Waals surface area contributed by atoms with Gasteiger partial charge in [0.05, 0.1) is 11.5 Å². The highest BCUT2D eigenvalue weighted by Gasteiger charge is 2.19. The van der Waals surface area contributed by atoms with Crippen LogP contribution in [-0.2, 0) is 19.6 Å². The zero-order chi connectivity index (χ0) is 22.1. The van der Waals surface area contributed by atoms with Crippen molar-refractivity contribution in [1.29, 1.82) is 0 Å². The lowest BCUT2D eigenvalue weighted by Crippen LogP contribution is -2.29. The van der Waals surface area contributed by atoms with Crippen molar-refractivity contribution in [2.75, 3.05) is 19.8 Å². The fourth-order valence-electron chi connectivity index (χ4n) is 3.13. The molecule has 162 valence electrons. The Hall–Kier alpha value is -3.16. The van der Waals surface area contributed by atoms with Crippen molar-refractivity contribution in [2.24, 2.45) is 0 Å². The summed E-state index contributed by atoms with van der Waals surface area (Å²) in [6, 6.07) is 25.2. The standard InChI is InChI=1S/C24H25NO5S/c1-2-29-24(26)18-30-21-15-13-20(14-16-21)23(19-9-5-3-6-10-19)17-25-31(27,28)22-11-7-4-8-12-22/h3-16,23,25H,2,17-18H2,1H3. The third kappa shape index (κ3) is 6.41. The number of sulfonamides is 1. The van der Waals surface area contributed by atoms with Crippen LogP contribution < -0.4 is 9.46 Å². The fraction of sp³-hybridized carbons (Fsp3) is 0.208. The number of carbonyl (C=O) groups excluding carboxylic acids is 1. The highest BCUT2D eigenvalue weighted by molar-refractivity contribution is 7.89. The van der Waals surface area contributed by atoms with Gasteiger partial charge >= 0.3 is 5.97 Å². The summed E-state index contributed by atoms with van der Waals surface area (Å²) in [6.45, 7) is 2.08. The monoisotopic (exact) mass is 439 g/mol. The van der Waals surface area contributed by atoms with Crippen molar-refractivity contribution in [3.05, 3.63) is 96.1 Å². The number of hydrogen-bond donors (Lipinski definition) is 1. The molecule has 3 rings (SSSR count). The predicted molar refractivity (Wildman–Crippen MR) is 118 cm³/mol. The van der Waals surface area contributed by atoms with E-state index in [0.717, 1.165) is 11.1 Å². The average Bonchev–Trinajstić information content (AvgIpc) is 2.80. The maximum atomic E-state index is 12.7. The summed E-state index contributed by atoms with van der Waals surface area (Å²) < 4.78 is 38.4. The van der Waals surface area contributed by atoms with Crippen LogP contribution in [0, 0.1) is 0 Å². The summed E-state index contributed by atoms with van der Waals surface area (Å²) in [7, 11) is -3.63. The van der Waals surface area contributed by atoms with Crippen molar-refractivity contribution in [1.82, 2.24) is 4.72 Å². The highest BCUT2D eigenvalue weighted by atomic mass is 32.2. The van der Waals surface area contributed by atoms with Gasteiger partial charge in [-0.1, -0.05) is 60.7 Å². The topological polar surface area (TPSA) is 81.7 Å². The second-order valence-electron chi connectivity index (χ2n) is 6.79. The molecule has 7 heteroatoms. The molecule has 0 aliphatic heterocycles. The van der Waals surface area contributed by atoms with Gasteiger partial charge in [0, 0.05) is 12.5 Å². The maximum absolute atomic E-state index is 12.7. The SMILES string of the molecule is CCOC(=O)COc1ccc(C(CNS(=O)(=O)c2ccccc2)c2ccccc2)cc1. The first-order chi connectivity index (χ1) is 15.0. The molecule has 1 atom stereocenters. The summed E-state index contributed by atoms with van der Waals surface area (Å²) in [5.74, 6) is -0.0867. The van der Waals surface area contributed by atoms with Gasteiger partial charge in [0.25, 0.3) is 0 Å². The summed E-state index contributed by atoms with van der Waals surface area (Å²) in [4.78, 5) is 11.7. The van der Waals surface area contributed by atoms with Gasteiger partial charge < -0.3 is 9.47 Å². The van der Waals surface area contributed by atoms with Gasteiger partial charge in [-0.3, -0.25) is 0 Å². The minimum absolute atomic E-state index is 0.161. The van der Waals surface area contributed by atoms with E-state index in [2.05, 4.69) is 4.72 Å². The van der Waals surface area contributed by atoms with E-state index < -0.39 is 16.0 Å². The number of esters is 1. The molecule has 1 unspecified atom stereocenters. The third-order valence-corrected chi connectivity index (χ3v) is 6.12.